The number of rotatable bonds is 4. The summed E-state index contributed by atoms with van der Waals surface area (Å²) in [6.45, 7) is 3.68. The first-order valence-electron chi connectivity index (χ1n) is 9.93. The Bertz CT molecular complexity index is 1070. The van der Waals surface area contributed by atoms with Crippen LogP contribution in [-0.4, -0.2) is 28.6 Å². The van der Waals surface area contributed by atoms with Gasteiger partial charge in [-0.1, -0.05) is 41.2 Å². The number of carbonyl (C=O) groups excluding carboxylic acids is 1. The zero-order chi connectivity index (χ0) is 21.3. The standard InChI is InChI=1S/C23H22Cl3N3O/c1-15-20(23(30)27-28-11-3-2-4-12-28)14-22(19-10-7-17(25)13-21(19)26)29(15)18-8-5-16(24)6-9-18/h5-10,13-14H,2-4,11-12H2,1H3,(H,27,30). The number of hydrogen-bond acceptors (Lipinski definition) is 2. The van der Waals surface area contributed by atoms with Crippen LogP contribution in [0.25, 0.3) is 16.9 Å². The number of carbonyl (C=O) groups is 1. The molecule has 0 unspecified atom stereocenters. The number of nitrogens with zero attached hydrogens (tertiary/aromatic N) is 2. The highest BCUT2D eigenvalue weighted by atomic mass is 35.5. The molecule has 0 atom stereocenters. The largest absolute Gasteiger partial charge is 0.313 e. The quantitative estimate of drug-likeness (QED) is 0.478. The second kappa shape index (κ2) is 9.03. The van der Waals surface area contributed by atoms with E-state index in [1.807, 2.05) is 52.9 Å². The van der Waals surface area contributed by atoms with Crippen molar-refractivity contribution in [2.75, 3.05) is 13.1 Å². The monoisotopic (exact) mass is 461 g/mol. The number of nitrogens with one attached hydrogen (secondary N) is 1. The Balaban J connectivity index is 1.80. The van der Waals surface area contributed by atoms with Crippen molar-refractivity contribution in [3.8, 4) is 16.9 Å². The van der Waals surface area contributed by atoms with Gasteiger partial charge in [0, 0.05) is 40.1 Å². The molecule has 0 saturated carbocycles. The summed E-state index contributed by atoms with van der Waals surface area (Å²) < 4.78 is 2.02. The normalized spacial score (nSPS) is 14.7. The Morgan fingerprint density at radius 1 is 0.900 bits per heavy atom. The lowest BCUT2D eigenvalue weighted by Crippen LogP contribution is -2.45. The van der Waals surface area contributed by atoms with Crippen LogP contribution >= 0.6 is 34.8 Å². The van der Waals surface area contributed by atoms with Gasteiger partial charge in [0.15, 0.2) is 0 Å². The first-order valence-corrected chi connectivity index (χ1v) is 11.1. The average molecular weight is 463 g/mol. The van der Waals surface area contributed by atoms with Crippen LogP contribution in [0.4, 0.5) is 0 Å². The first kappa shape index (κ1) is 21.3. The molecule has 0 bridgehead atoms. The van der Waals surface area contributed by atoms with E-state index in [9.17, 15) is 4.79 Å². The molecule has 4 rings (SSSR count). The van der Waals surface area contributed by atoms with E-state index >= 15 is 0 Å². The SMILES string of the molecule is Cc1c(C(=O)NN2CCCCC2)cc(-c2ccc(Cl)cc2Cl)n1-c1ccc(Cl)cc1. The van der Waals surface area contributed by atoms with E-state index in [1.165, 1.54) is 6.42 Å². The van der Waals surface area contributed by atoms with Crippen molar-refractivity contribution in [3.05, 3.63) is 74.9 Å². The summed E-state index contributed by atoms with van der Waals surface area (Å²) in [5, 5.41) is 3.74. The van der Waals surface area contributed by atoms with Crippen LogP contribution in [0.2, 0.25) is 15.1 Å². The smallest absolute Gasteiger partial charge is 0.267 e. The van der Waals surface area contributed by atoms with Gasteiger partial charge in [-0.25, -0.2) is 5.01 Å². The fourth-order valence-electron chi connectivity index (χ4n) is 3.86. The Kier molecular flexibility index (Phi) is 6.40. The number of piperidine rings is 1. The van der Waals surface area contributed by atoms with Crippen LogP contribution in [0.5, 0.6) is 0 Å². The van der Waals surface area contributed by atoms with Gasteiger partial charge >= 0.3 is 0 Å². The van der Waals surface area contributed by atoms with Crippen LogP contribution in [0.3, 0.4) is 0 Å². The fraction of sp³-hybridized carbons (Fsp3) is 0.261. The van der Waals surface area contributed by atoms with Crippen molar-refractivity contribution in [1.82, 2.24) is 15.0 Å². The van der Waals surface area contributed by atoms with E-state index in [-0.39, 0.29) is 5.91 Å². The van der Waals surface area contributed by atoms with Gasteiger partial charge in [-0.3, -0.25) is 10.2 Å². The zero-order valence-corrected chi connectivity index (χ0v) is 18.9. The Morgan fingerprint density at radius 2 is 1.57 bits per heavy atom. The van der Waals surface area contributed by atoms with E-state index in [0.29, 0.717) is 20.6 Å². The topological polar surface area (TPSA) is 37.3 Å². The molecule has 0 radical (unpaired) electrons. The van der Waals surface area contributed by atoms with Crippen LogP contribution in [0, 0.1) is 6.92 Å². The summed E-state index contributed by atoms with van der Waals surface area (Å²) in [6.07, 6.45) is 3.39. The number of amides is 1. The lowest BCUT2D eigenvalue weighted by Gasteiger charge is -2.26. The van der Waals surface area contributed by atoms with Gasteiger partial charge < -0.3 is 4.57 Å². The molecule has 1 aliphatic heterocycles. The molecule has 0 aliphatic carbocycles. The fourth-order valence-corrected chi connectivity index (χ4v) is 4.50. The summed E-state index contributed by atoms with van der Waals surface area (Å²) in [5.74, 6) is -0.117. The van der Waals surface area contributed by atoms with Gasteiger partial charge in [0.25, 0.3) is 5.91 Å². The van der Waals surface area contributed by atoms with E-state index in [0.717, 1.165) is 48.6 Å². The third-order valence-electron chi connectivity index (χ3n) is 5.40. The van der Waals surface area contributed by atoms with E-state index in [1.54, 1.807) is 12.1 Å². The number of halogens is 3. The average Bonchev–Trinajstić information content (AvgIpc) is 3.06. The van der Waals surface area contributed by atoms with Crippen LogP contribution in [-0.2, 0) is 0 Å². The van der Waals surface area contributed by atoms with Crippen LogP contribution < -0.4 is 5.43 Å². The van der Waals surface area contributed by atoms with Gasteiger partial charge in [0.05, 0.1) is 16.3 Å². The first-order chi connectivity index (χ1) is 14.4. The van der Waals surface area contributed by atoms with Gasteiger partial charge in [0.1, 0.15) is 0 Å². The summed E-state index contributed by atoms with van der Waals surface area (Å²) in [4.78, 5) is 13.1. The third kappa shape index (κ3) is 4.37. The van der Waals surface area contributed by atoms with Crippen molar-refractivity contribution in [2.45, 2.75) is 26.2 Å². The second-order valence-electron chi connectivity index (χ2n) is 7.45. The molecule has 1 amide bonds. The third-order valence-corrected chi connectivity index (χ3v) is 6.20. The summed E-state index contributed by atoms with van der Waals surface area (Å²) in [5.41, 5.74) is 7.01. The number of hydrazine groups is 1. The predicted octanol–water partition coefficient (Wildman–Crippen LogP) is 6.54. The molecule has 4 nitrogen and oxygen atoms in total. The molecule has 2 aromatic carbocycles. The summed E-state index contributed by atoms with van der Waals surface area (Å²) in [6, 6.07) is 14.8. The maximum atomic E-state index is 13.1. The molecule has 1 saturated heterocycles. The molecule has 0 spiro atoms. The highest BCUT2D eigenvalue weighted by Gasteiger charge is 2.23. The van der Waals surface area contributed by atoms with Gasteiger partial charge in [-0.2, -0.15) is 0 Å². The minimum absolute atomic E-state index is 0.117. The molecule has 1 aromatic heterocycles. The molecule has 3 aromatic rings. The second-order valence-corrected chi connectivity index (χ2v) is 8.73. The van der Waals surface area contributed by atoms with E-state index in [2.05, 4.69) is 5.43 Å². The van der Waals surface area contributed by atoms with E-state index < -0.39 is 0 Å². The minimum atomic E-state index is -0.117. The lowest BCUT2D eigenvalue weighted by atomic mass is 10.1. The highest BCUT2D eigenvalue weighted by molar-refractivity contribution is 6.36. The predicted molar refractivity (Wildman–Crippen MR) is 124 cm³/mol. The molecule has 30 heavy (non-hydrogen) atoms. The molecule has 2 heterocycles. The number of benzene rings is 2. The van der Waals surface area contributed by atoms with Crippen LogP contribution in [0.1, 0.15) is 35.3 Å². The molecular formula is C23H22Cl3N3O. The maximum absolute atomic E-state index is 13.1. The molecule has 7 heteroatoms. The minimum Gasteiger partial charge on any atom is -0.313 e. The lowest BCUT2D eigenvalue weighted by molar-refractivity contribution is 0.0749. The maximum Gasteiger partial charge on any atom is 0.267 e. The molecule has 156 valence electrons. The Hall–Kier alpha value is -1.98. The van der Waals surface area contributed by atoms with Crippen LogP contribution in [0.15, 0.2) is 48.5 Å². The summed E-state index contributed by atoms with van der Waals surface area (Å²) in [7, 11) is 0. The zero-order valence-electron chi connectivity index (χ0n) is 16.6. The van der Waals surface area contributed by atoms with Crippen molar-refractivity contribution >= 4 is 40.7 Å². The van der Waals surface area contributed by atoms with Crippen molar-refractivity contribution < 1.29 is 4.79 Å². The Labute approximate surface area is 191 Å². The molecular weight excluding hydrogens is 441 g/mol. The summed E-state index contributed by atoms with van der Waals surface area (Å²) >= 11 is 18.7. The van der Waals surface area contributed by atoms with Crippen molar-refractivity contribution in [2.24, 2.45) is 0 Å². The molecule has 1 N–H and O–H groups in total. The van der Waals surface area contributed by atoms with Gasteiger partial charge in [-0.05, 0) is 68.3 Å². The van der Waals surface area contributed by atoms with Gasteiger partial charge in [-0.15, -0.1) is 0 Å². The van der Waals surface area contributed by atoms with Crippen molar-refractivity contribution in [1.29, 1.82) is 0 Å². The Morgan fingerprint density at radius 3 is 2.23 bits per heavy atom. The highest BCUT2D eigenvalue weighted by Crippen LogP contribution is 2.35. The molecule has 1 aliphatic rings. The van der Waals surface area contributed by atoms with E-state index in [4.69, 9.17) is 34.8 Å². The molecule has 1 fully saturated rings. The van der Waals surface area contributed by atoms with Gasteiger partial charge in [0.2, 0.25) is 0 Å². The van der Waals surface area contributed by atoms with Crippen molar-refractivity contribution in [3.63, 3.8) is 0 Å². The number of aromatic nitrogens is 1. The number of hydrogen-bond donors (Lipinski definition) is 1.